The van der Waals surface area contributed by atoms with Gasteiger partial charge in [0.1, 0.15) is 0 Å². The standard InChI is InChI=1S/C10H23O3P/c1-9(2)5-7-12-14(11)13-8-6-10(3)4/h9-10,14H,5-8H2,1-4H3. The van der Waals surface area contributed by atoms with Crippen molar-refractivity contribution in [1.29, 1.82) is 0 Å². The molecule has 0 saturated carbocycles. The van der Waals surface area contributed by atoms with E-state index in [4.69, 9.17) is 9.05 Å². The van der Waals surface area contributed by atoms with Crippen molar-refractivity contribution in [3.8, 4) is 0 Å². The second kappa shape index (κ2) is 8.46. The Morgan fingerprint density at radius 1 is 0.929 bits per heavy atom. The summed E-state index contributed by atoms with van der Waals surface area (Å²) in [6, 6.07) is 0. The first-order chi connectivity index (χ1) is 6.52. The van der Waals surface area contributed by atoms with Crippen LogP contribution >= 0.6 is 8.25 Å². The average Bonchev–Trinajstić information content (AvgIpc) is 2.02. The van der Waals surface area contributed by atoms with Crippen molar-refractivity contribution in [2.45, 2.75) is 40.5 Å². The first-order valence-corrected chi connectivity index (χ1v) is 6.54. The number of hydrogen-bond donors (Lipinski definition) is 0. The van der Waals surface area contributed by atoms with Gasteiger partial charge in [0.2, 0.25) is 0 Å². The molecular formula is C10H23O3P. The van der Waals surface area contributed by atoms with Crippen molar-refractivity contribution in [1.82, 2.24) is 0 Å². The quantitative estimate of drug-likeness (QED) is 0.589. The molecule has 86 valence electrons. The molecule has 0 saturated heterocycles. The summed E-state index contributed by atoms with van der Waals surface area (Å²) < 4.78 is 21.3. The number of rotatable bonds is 8. The molecule has 4 heteroatoms. The van der Waals surface area contributed by atoms with Crippen LogP contribution in [0.4, 0.5) is 0 Å². The Hall–Kier alpha value is 0.150. The van der Waals surface area contributed by atoms with Gasteiger partial charge in [-0.05, 0) is 24.7 Å². The van der Waals surface area contributed by atoms with Gasteiger partial charge in [-0.15, -0.1) is 0 Å². The minimum absolute atomic E-state index is 0.539. The number of hydrogen-bond acceptors (Lipinski definition) is 3. The maximum absolute atomic E-state index is 11.1. The molecule has 0 bridgehead atoms. The largest absolute Gasteiger partial charge is 0.319 e. The van der Waals surface area contributed by atoms with Crippen LogP contribution in [0.15, 0.2) is 0 Å². The van der Waals surface area contributed by atoms with Crippen molar-refractivity contribution >= 4 is 8.25 Å². The molecule has 0 aliphatic rings. The van der Waals surface area contributed by atoms with Gasteiger partial charge in [0.15, 0.2) is 0 Å². The van der Waals surface area contributed by atoms with Crippen molar-refractivity contribution in [3.05, 3.63) is 0 Å². The molecule has 0 rings (SSSR count). The van der Waals surface area contributed by atoms with Crippen LogP contribution in [0, 0.1) is 11.8 Å². The molecular weight excluding hydrogens is 199 g/mol. The van der Waals surface area contributed by atoms with Crippen molar-refractivity contribution in [2.24, 2.45) is 11.8 Å². The van der Waals surface area contributed by atoms with Gasteiger partial charge >= 0.3 is 8.25 Å². The Balaban J connectivity index is 3.28. The van der Waals surface area contributed by atoms with Gasteiger partial charge in [0.25, 0.3) is 0 Å². The van der Waals surface area contributed by atoms with E-state index in [1.807, 2.05) is 0 Å². The monoisotopic (exact) mass is 222 g/mol. The van der Waals surface area contributed by atoms with Gasteiger partial charge in [0.05, 0.1) is 13.2 Å². The van der Waals surface area contributed by atoms with Crippen LogP contribution in [0.5, 0.6) is 0 Å². The molecule has 0 aliphatic carbocycles. The first kappa shape index (κ1) is 14.2. The third kappa shape index (κ3) is 10.2. The lowest BCUT2D eigenvalue weighted by atomic mass is 10.2. The smallest absolute Gasteiger partial charge is 0.311 e. The summed E-state index contributed by atoms with van der Waals surface area (Å²) in [5.41, 5.74) is 0. The van der Waals surface area contributed by atoms with Crippen LogP contribution in [-0.4, -0.2) is 13.2 Å². The highest BCUT2D eigenvalue weighted by Crippen LogP contribution is 2.25. The molecule has 0 heterocycles. The minimum Gasteiger partial charge on any atom is -0.311 e. The van der Waals surface area contributed by atoms with Crippen molar-refractivity contribution in [2.75, 3.05) is 13.2 Å². The fourth-order valence-electron chi connectivity index (χ4n) is 0.798. The summed E-state index contributed by atoms with van der Waals surface area (Å²) >= 11 is 0. The second-order valence-electron chi connectivity index (χ2n) is 4.31. The molecule has 0 aliphatic heterocycles. The summed E-state index contributed by atoms with van der Waals surface area (Å²) in [6.07, 6.45) is 1.87. The lowest BCUT2D eigenvalue weighted by Crippen LogP contribution is -1.97. The van der Waals surface area contributed by atoms with Crippen LogP contribution in [0.25, 0.3) is 0 Å². The van der Waals surface area contributed by atoms with Crippen LogP contribution in [0.3, 0.4) is 0 Å². The maximum atomic E-state index is 11.1. The molecule has 0 amide bonds. The van der Waals surface area contributed by atoms with Crippen LogP contribution in [-0.2, 0) is 13.6 Å². The summed E-state index contributed by atoms with van der Waals surface area (Å²) in [6.45, 7) is 9.52. The Morgan fingerprint density at radius 2 is 1.29 bits per heavy atom. The molecule has 0 N–H and O–H groups in total. The molecule has 0 radical (unpaired) electrons. The molecule has 0 aromatic heterocycles. The summed E-state index contributed by atoms with van der Waals surface area (Å²) in [5, 5.41) is 0. The van der Waals surface area contributed by atoms with Gasteiger partial charge in [0, 0.05) is 0 Å². The zero-order chi connectivity index (χ0) is 11.0. The summed E-state index contributed by atoms with van der Waals surface area (Å²) in [4.78, 5) is 0. The molecule has 3 nitrogen and oxygen atoms in total. The van der Waals surface area contributed by atoms with E-state index in [1.165, 1.54) is 0 Å². The van der Waals surface area contributed by atoms with Gasteiger partial charge in [-0.25, -0.2) is 0 Å². The second-order valence-corrected chi connectivity index (χ2v) is 5.39. The average molecular weight is 222 g/mol. The fourth-order valence-corrected chi connectivity index (χ4v) is 1.45. The van der Waals surface area contributed by atoms with E-state index >= 15 is 0 Å². The Kier molecular flexibility index (Phi) is 8.55. The van der Waals surface area contributed by atoms with Crippen molar-refractivity contribution < 1.29 is 13.6 Å². The third-order valence-corrected chi connectivity index (χ3v) is 2.71. The van der Waals surface area contributed by atoms with Crippen LogP contribution in [0.2, 0.25) is 0 Å². The van der Waals surface area contributed by atoms with Gasteiger partial charge in [-0.1, -0.05) is 27.7 Å². The van der Waals surface area contributed by atoms with E-state index in [1.54, 1.807) is 0 Å². The van der Waals surface area contributed by atoms with E-state index in [9.17, 15) is 4.57 Å². The normalized spacial score (nSPS) is 11.9. The summed E-state index contributed by atoms with van der Waals surface area (Å²) in [5.74, 6) is 1.17. The molecule has 0 unspecified atom stereocenters. The van der Waals surface area contributed by atoms with Crippen LogP contribution in [0.1, 0.15) is 40.5 Å². The van der Waals surface area contributed by atoms with Crippen molar-refractivity contribution in [3.63, 3.8) is 0 Å². The van der Waals surface area contributed by atoms with E-state index < -0.39 is 8.25 Å². The minimum atomic E-state index is -2.23. The fraction of sp³-hybridized carbons (Fsp3) is 1.00. The molecule has 0 atom stereocenters. The summed E-state index contributed by atoms with van der Waals surface area (Å²) in [7, 11) is -2.23. The van der Waals surface area contributed by atoms with E-state index in [2.05, 4.69) is 27.7 Å². The maximum Gasteiger partial charge on any atom is 0.319 e. The lowest BCUT2D eigenvalue weighted by Gasteiger charge is -2.08. The SMILES string of the molecule is CC(C)CCO[PH](=O)OCCC(C)C. The van der Waals surface area contributed by atoms with Gasteiger partial charge in [-0.2, -0.15) is 0 Å². The first-order valence-electron chi connectivity index (χ1n) is 5.32. The third-order valence-electron chi connectivity index (χ3n) is 1.83. The predicted molar refractivity (Wildman–Crippen MR) is 59.8 cm³/mol. The Bertz CT molecular complexity index is 141. The zero-order valence-electron chi connectivity index (χ0n) is 9.71. The molecule has 0 fully saturated rings. The van der Waals surface area contributed by atoms with E-state index in [0.29, 0.717) is 25.0 Å². The topological polar surface area (TPSA) is 35.5 Å². The van der Waals surface area contributed by atoms with E-state index in [0.717, 1.165) is 12.8 Å². The van der Waals surface area contributed by atoms with Crippen LogP contribution < -0.4 is 0 Å². The predicted octanol–water partition coefficient (Wildman–Crippen LogP) is 3.50. The van der Waals surface area contributed by atoms with E-state index in [-0.39, 0.29) is 0 Å². The highest BCUT2D eigenvalue weighted by molar-refractivity contribution is 7.33. The Labute approximate surface area is 88.1 Å². The van der Waals surface area contributed by atoms with Gasteiger partial charge < -0.3 is 9.05 Å². The lowest BCUT2D eigenvalue weighted by molar-refractivity contribution is 0.208. The zero-order valence-corrected chi connectivity index (χ0v) is 10.7. The van der Waals surface area contributed by atoms with Gasteiger partial charge in [-0.3, -0.25) is 4.57 Å². The molecule has 0 aromatic rings. The Morgan fingerprint density at radius 3 is 1.57 bits per heavy atom. The highest BCUT2D eigenvalue weighted by atomic mass is 31.1. The molecule has 0 aromatic carbocycles. The highest BCUT2D eigenvalue weighted by Gasteiger charge is 2.02. The molecule has 0 spiro atoms. The molecule has 14 heavy (non-hydrogen) atoms.